The molecule has 2 rings (SSSR count). The monoisotopic (exact) mass is 438 g/mol. The van der Waals surface area contributed by atoms with Crippen LogP contribution in [-0.4, -0.2) is 74.7 Å². The molecule has 30 heavy (non-hydrogen) atoms. The molecule has 0 radical (unpaired) electrons. The van der Waals surface area contributed by atoms with Gasteiger partial charge in [0.05, 0.1) is 0 Å². The number of piperidine rings is 1. The van der Waals surface area contributed by atoms with E-state index < -0.39 is 0 Å². The Morgan fingerprint density at radius 2 is 2.10 bits per heavy atom. The molecule has 8 heteroatoms. The molecule has 1 aliphatic heterocycles. The van der Waals surface area contributed by atoms with E-state index in [1.807, 2.05) is 12.3 Å². The molecule has 0 bridgehead atoms. The van der Waals surface area contributed by atoms with Gasteiger partial charge in [-0.2, -0.15) is 11.8 Å². The maximum Gasteiger partial charge on any atom is 0.317 e. The van der Waals surface area contributed by atoms with Crippen molar-refractivity contribution in [1.82, 2.24) is 9.80 Å². The minimum atomic E-state index is -0.290. The minimum Gasteiger partial charge on any atom is -0.489 e. The highest BCUT2D eigenvalue weighted by atomic mass is 32.2. The number of hydrogen-bond donors (Lipinski definition) is 0. The summed E-state index contributed by atoms with van der Waals surface area (Å²) in [6, 6.07) is 6.22. The van der Waals surface area contributed by atoms with Crippen LogP contribution in [0.15, 0.2) is 28.3 Å². The minimum absolute atomic E-state index is 0.290. The molecule has 1 aliphatic rings. The number of benzene rings is 1. The van der Waals surface area contributed by atoms with Crippen LogP contribution in [0.4, 0.5) is 4.39 Å². The molecule has 0 N–H and O–H groups in total. The van der Waals surface area contributed by atoms with Crippen LogP contribution < -0.4 is 4.74 Å². The van der Waals surface area contributed by atoms with Crippen LogP contribution in [0.1, 0.15) is 32.3 Å². The van der Waals surface area contributed by atoms with Gasteiger partial charge in [-0.25, -0.2) is 9.38 Å². The molecule has 0 atom stereocenters. The summed E-state index contributed by atoms with van der Waals surface area (Å²) in [5.74, 6) is 1.30. The van der Waals surface area contributed by atoms with Gasteiger partial charge in [0.15, 0.2) is 11.6 Å². The van der Waals surface area contributed by atoms with Crippen LogP contribution in [0.2, 0.25) is 0 Å². The maximum atomic E-state index is 14.2. The highest BCUT2D eigenvalue weighted by Crippen LogP contribution is 2.21. The van der Waals surface area contributed by atoms with Crippen molar-refractivity contribution in [2.75, 3.05) is 46.1 Å². The zero-order valence-corrected chi connectivity index (χ0v) is 19.5. The number of aliphatic imine (C=N–C) groups is 1. The summed E-state index contributed by atoms with van der Waals surface area (Å²) in [6.45, 7) is 11.3. The van der Waals surface area contributed by atoms with Crippen molar-refractivity contribution in [1.29, 1.82) is 0 Å². The molecule has 1 aromatic carbocycles. The lowest BCUT2D eigenvalue weighted by Crippen LogP contribution is -2.46. The van der Waals surface area contributed by atoms with E-state index >= 15 is 0 Å². The van der Waals surface area contributed by atoms with E-state index in [2.05, 4.69) is 47.6 Å². The molecular formula is C22H35FN4O2S. The summed E-state index contributed by atoms with van der Waals surface area (Å²) in [5.41, 5.74) is 0.975. The number of likely N-dealkylation sites (N-methyl/N-ethyl adjacent to an activating group) is 1. The third-order valence-electron chi connectivity index (χ3n) is 5.11. The van der Waals surface area contributed by atoms with Crippen molar-refractivity contribution >= 4 is 24.5 Å². The van der Waals surface area contributed by atoms with Crippen LogP contribution in [0.5, 0.6) is 5.75 Å². The van der Waals surface area contributed by atoms with E-state index in [4.69, 9.17) is 9.57 Å². The van der Waals surface area contributed by atoms with Crippen molar-refractivity contribution in [2.24, 2.45) is 16.1 Å². The van der Waals surface area contributed by atoms with Crippen LogP contribution in [0, 0.1) is 11.7 Å². The van der Waals surface area contributed by atoms with Crippen LogP contribution in [0.25, 0.3) is 0 Å². The van der Waals surface area contributed by atoms with E-state index in [9.17, 15) is 4.39 Å². The van der Waals surface area contributed by atoms with Crippen LogP contribution in [0.3, 0.4) is 0 Å². The van der Waals surface area contributed by atoms with Crippen LogP contribution in [-0.2, 0) is 10.6 Å². The number of ether oxygens (including phenoxy) is 1. The van der Waals surface area contributed by atoms with E-state index in [-0.39, 0.29) is 5.82 Å². The quantitative estimate of drug-likeness (QED) is 0.313. The van der Waals surface area contributed by atoms with Crippen molar-refractivity contribution < 1.29 is 14.0 Å². The zero-order valence-electron chi connectivity index (χ0n) is 18.6. The Labute approximate surface area is 184 Å². The van der Waals surface area contributed by atoms with E-state index in [0.717, 1.165) is 43.8 Å². The lowest BCUT2D eigenvalue weighted by molar-refractivity contribution is 0.126. The van der Waals surface area contributed by atoms with Gasteiger partial charge in [0.1, 0.15) is 6.61 Å². The van der Waals surface area contributed by atoms with E-state index in [1.54, 1.807) is 23.9 Å². The first-order valence-corrected chi connectivity index (χ1v) is 11.9. The number of amidine groups is 1. The molecule has 0 aliphatic carbocycles. The van der Waals surface area contributed by atoms with Gasteiger partial charge in [0, 0.05) is 44.7 Å². The Balaban J connectivity index is 1.78. The second-order valence-electron chi connectivity index (χ2n) is 7.98. The third kappa shape index (κ3) is 7.80. The summed E-state index contributed by atoms with van der Waals surface area (Å²) in [4.78, 5) is 14.2. The van der Waals surface area contributed by atoms with Crippen molar-refractivity contribution in [3.63, 3.8) is 0 Å². The molecule has 0 saturated carbocycles. The highest BCUT2D eigenvalue weighted by molar-refractivity contribution is 7.97. The Hall–Kier alpha value is -1.80. The van der Waals surface area contributed by atoms with Gasteiger partial charge in [-0.3, -0.25) is 4.90 Å². The van der Waals surface area contributed by atoms with Gasteiger partial charge in [0.2, 0.25) is 0 Å². The molecule has 1 saturated heterocycles. The number of halogens is 1. The van der Waals surface area contributed by atoms with Crippen molar-refractivity contribution in [3.8, 4) is 5.75 Å². The molecule has 0 aromatic heterocycles. The number of thioether (sulfide) groups is 1. The fourth-order valence-corrected chi connectivity index (χ4v) is 3.92. The lowest BCUT2D eigenvalue weighted by Gasteiger charge is -2.37. The topological polar surface area (TPSA) is 49.7 Å². The van der Waals surface area contributed by atoms with Crippen molar-refractivity contribution in [3.05, 3.63) is 29.6 Å². The van der Waals surface area contributed by atoms with Crippen molar-refractivity contribution in [2.45, 2.75) is 38.5 Å². The third-order valence-corrected chi connectivity index (χ3v) is 5.73. The Morgan fingerprint density at radius 3 is 2.70 bits per heavy atom. The SMILES string of the molecule is C=NOC(=NCC(C)C)N1CCC(N(C)CCOc2ccc(CSC)cc2F)CC1. The molecule has 6 nitrogen and oxygen atoms in total. The van der Waals surface area contributed by atoms with E-state index in [0.29, 0.717) is 36.9 Å². The van der Waals surface area contributed by atoms with Gasteiger partial charge in [-0.15, -0.1) is 0 Å². The standard InChI is InChI=1S/C22H35FN4O2S/c1-17(2)15-25-22(29-24-3)27-10-8-19(9-11-27)26(4)12-13-28-21-7-6-18(16-30-5)14-20(21)23/h6-7,14,17,19H,3,8-13,15-16H2,1-2,4-5H3. The number of hydrogen-bond acceptors (Lipinski definition) is 6. The predicted molar refractivity (Wildman–Crippen MR) is 124 cm³/mol. The van der Waals surface area contributed by atoms with Gasteiger partial charge in [-0.05, 0) is 49.8 Å². The van der Waals surface area contributed by atoms with Gasteiger partial charge >= 0.3 is 6.02 Å². The average Bonchev–Trinajstić information content (AvgIpc) is 2.73. The summed E-state index contributed by atoms with van der Waals surface area (Å²) in [6.07, 6.45) is 4.00. The molecule has 1 heterocycles. The summed E-state index contributed by atoms with van der Waals surface area (Å²) < 4.78 is 19.8. The Morgan fingerprint density at radius 1 is 1.37 bits per heavy atom. The highest BCUT2D eigenvalue weighted by Gasteiger charge is 2.25. The first-order valence-electron chi connectivity index (χ1n) is 10.5. The second kappa shape index (κ2) is 12.8. The smallest absolute Gasteiger partial charge is 0.317 e. The summed E-state index contributed by atoms with van der Waals surface area (Å²) >= 11 is 1.67. The largest absolute Gasteiger partial charge is 0.489 e. The Kier molecular flexibility index (Phi) is 10.4. The van der Waals surface area contributed by atoms with E-state index in [1.165, 1.54) is 0 Å². The molecule has 1 aromatic rings. The second-order valence-corrected chi connectivity index (χ2v) is 8.85. The van der Waals surface area contributed by atoms with Crippen LogP contribution >= 0.6 is 11.8 Å². The number of oxime groups is 1. The Bertz CT molecular complexity index is 694. The molecule has 0 amide bonds. The molecule has 0 spiro atoms. The first-order chi connectivity index (χ1) is 14.4. The first kappa shape index (κ1) is 24.5. The molecule has 1 fully saturated rings. The summed E-state index contributed by atoms with van der Waals surface area (Å²) in [7, 11) is 2.09. The lowest BCUT2D eigenvalue weighted by atomic mass is 10.0. The summed E-state index contributed by atoms with van der Waals surface area (Å²) in [5, 5.41) is 3.55. The number of nitrogens with zero attached hydrogens (tertiary/aromatic N) is 4. The molecule has 0 unspecified atom stereocenters. The fraction of sp³-hybridized carbons (Fsp3) is 0.636. The average molecular weight is 439 g/mol. The fourth-order valence-electron chi connectivity index (χ4n) is 3.40. The normalized spacial score (nSPS) is 15.7. The number of likely N-dealkylation sites (tertiary alicyclic amines) is 1. The molecular weight excluding hydrogens is 403 g/mol. The molecule has 168 valence electrons. The number of rotatable bonds is 10. The predicted octanol–water partition coefficient (Wildman–Crippen LogP) is 4.11. The zero-order chi connectivity index (χ0) is 21.9. The van der Waals surface area contributed by atoms with Gasteiger partial charge in [0.25, 0.3) is 0 Å². The maximum absolute atomic E-state index is 14.2. The van der Waals surface area contributed by atoms with Gasteiger partial charge in [-0.1, -0.05) is 25.1 Å². The van der Waals surface area contributed by atoms with Gasteiger partial charge < -0.3 is 14.5 Å².